The van der Waals surface area contributed by atoms with Crippen LogP contribution in [0.15, 0.2) is 54.9 Å². The quantitative estimate of drug-likeness (QED) is 0.429. The van der Waals surface area contributed by atoms with E-state index in [1.165, 1.54) is 27.1 Å². The lowest BCUT2D eigenvalue weighted by Gasteiger charge is -2.20. The average Bonchev–Trinajstić information content (AvgIpc) is 2.90. The monoisotopic (exact) mass is 288 g/mol. The molecule has 0 radical (unpaired) electrons. The van der Waals surface area contributed by atoms with Crippen molar-refractivity contribution in [1.82, 2.24) is 9.55 Å². The fraction of sp³-hybridized carbons (Fsp3) is 0.250. The van der Waals surface area contributed by atoms with E-state index >= 15 is 0 Å². The number of imidazole rings is 1. The molecule has 4 aromatic rings. The first-order chi connectivity index (χ1) is 10.5. The molecule has 0 fully saturated rings. The second kappa shape index (κ2) is 4.57. The summed E-state index contributed by atoms with van der Waals surface area (Å²) < 4.78 is 2.31. The minimum Gasteiger partial charge on any atom is -0.330 e. The van der Waals surface area contributed by atoms with Crippen LogP contribution in [0.1, 0.15) is 20.8 Å². The van der Waals surface area contributed by atoms with Gasteiger partial charge in [0.2, 0.25) is 0 Å². The molecule has 4 rings (SSSR count). The van der Waals surface area contributed by atoms with Crippen molar-refractivity contribution in [1.29, 1.82) is 0 Å². The van der Waals surface area contributed by atoms with E-state index in [9.17, 15) is 0 Å². The Morgan fingerprint density at radius 2 is 1.36 bits per heavy atom. The Hall–Kier alpha value is -2.35. The zero-order valence-corrected chi connectivity index (χ0v) is 13.3. The zero-order valence-electron chi connectivity index (χ0n) is 13.3. The van der Waals surface area contributed by atoms with Gasteiger partial charge in [-0.15, -0.1) is 0 Å². The fourth-order valence-corrected chi connectivity index (χ4v) is 3.34. The Morgan fingerprint density at radius 3 is 2.00 bits per heavy atom. The number of fused-ring (bicyclic) bond motifs is 6. The van der Waals surface area contributed by atoms with Gasteiger partial charge in [0.05, 0.1) is 17.4 Å². The van der Waals surface area contributed by atoms with Crippen LogP contribution in [0.25, 0.3) is 32.6 Å². The van der Waals surface area contributed by atoms with Gasteiger partial charge in [0.1, 0.15) is 0 Å². The van der Waals surface area contributed by atoms with Gasteiger partial charge in [-0.05, 0) is 16.2 Å². The van der Waals surface area contributed by atoms with Crippen LogP contribution in [0.2, 0.25) is 0 Å². The average molecular weight is 288 g/mol. The molecule has 0 atom stereocenters. The lowest BCUT2D eigenvalue weighted by Crippen LogP contribution is -2.14. The maximum atomic E-state index is 4.74. The van der Waals surface area contributed by atoms with E-state index in [0.29, 0.717) is 0 Å². The second-order valence-electron chi connectivity index (χ2n) is 7.22. The Balaban J connectivity index is 2.20. The van der Waals surface area contributed by atoms with Crippen molar-refractivity contribution in [3.63, 3.8) is 0 Å². The van der Waals surface area contributed by atoms with Gasteiger partial charge in [0.25, 0.3) is 0 Å². The van der Waals surface area contributed by atoms with E-state index in [0.717, 1.165) is 12.1 Å². The third-order valence-electron chi connectivity index (χ3n) is 4.14. The molecule has 0 saturated heterocycles. The molecule has 110 valence electrons. The van der Waals surface area contributed by atoms with E-state index in [1.54, 1.807) is 0 Å². The van der Waals surface area contributed by atoms with Gasteiger partial charge in [0.15, 0.2) is 0 Å². The summed E-state index contributed by atoms with van der Waals surface area (Å²) in [6.07, 6.45) is 1.99. The smallest absolute Gasteiger partial charge is 0.0969 e. The van der Waals surface area contributed by atoms with E-state index in [4.69, 9.17) is 4.98 Å². The molecule has 0 amide bonds. The summed E-state index contributed by atoms with van der Waals surface area (Å²) in [7, 11) is 0. The largest absolute Gasteiger partial charge is 0.330 e. The normalized spacial score (nSPS) is 12.5. The number of aromatic nitrogens is 2. The van der Waals surface area contributed by atoms with E-state index in [1.807, 2.05) is 6.33 Å². The number of hydrogen-bond donors (Lipinski definition) is 0. The third kappa shape index (κ3) is 1.98. The van der Waals surface area contributed by atoms with Crippen molar-refractivity contribution >= 4 is 32.6 Å². The molecule has 0 spiro atoms. The summed E-state index contributed by atoms with van der Waals surface area (Å²) in [4.78, 5) is 4.74. The maximum absolute atomic E-state index is 4.74. The SMILES string of the molecule is CC(C)(C)Cn1cnc2c3ccccc3c3ccccc3c21. The number of hydrogen-bond acceptors (Lipinski definition) is 1. The molecule has 2 heteroatoms. The van der Waals surface area contributed by atoms with Gasteiger partial charge in [-0.25, -0.2) is 4.98 Å². The minimum absolute atomic E-state index is 0.223. The van der Waals surface area contributed by atoms with Crippen molar-refractivity contribution in [2.24, 2.45) is 5.41 Å². The number of rotatable bonds is 1. The van der Waals surface area contributed by atoms with Crippen molar-refractivity contribution in [3.8, 4) is 0 Å². The standard InChI is InChI=1S/C20H20N2/c1-20(2,3)12-22-13-21-18-16-10-6-4-8-14(16)15-9-5-7-11-17(15)19(18)22/h4-11,13H,12H2,1-3H3. The molecule has 0 N–H and O–H groups in total. The summed E-state index contributed by atoms with van der Waals surface area (Å²) in [5.41, 5.74) is 2.59. The van der Waals surface area contributed by atoms with Crippen molar-refractivity contribution in [2.75, 3.05) is 0 Å². The highest BCUT2D eigenvalue weighted by molar-refractivity contribution is 6.23. The molecule has 0 aliphatic rings. The van der Waals surface area contributed by atoms with Crippen molar-refractivity contribution in [3.05, 3.63) is 54.9 Å². The van der Waals surface area contributed by atoms with Gasteiger partial charge >= 0.3 is 0 Å². The van der Waals surface area contributed by atoms with Gasteiger partial charge < -0.3 is 4.57 Å². The summed E-state index contributed by atoms with van der Waals surface area (Å²) in [6, 6.07) is 17.2. The Labute approximate surface area is 130 Å². The highest BCUT2D eigenvalue weighted by atomic mass is 15.0. The zero-order chi connectivity index (χ0) is 15.3. The molecule has 1 aromatic heterocycles. The summed E-state index contributed by atoms with van der Waals surface area (Å²) >= 11 is 0. The number of nitrogens with zero attached hydrogens (tertiary/aromatic N) is 2. The first-order valence-electron chi connectivity index (χ1n) is 7.79. The molecule has 0 unspecified atom stereocenters. The van der Waals surface area contributed by atoms with Crippen LogP contribution in [-0.4, -0.2) is 9.55 Å². The Bertz CT molecular complexity index is 987. The molecule has 0 aliphatic carbocycles. The molecule has 0 saturated carbocycles. The summed E-state index contributed by atoms with van der Waals surface area (Å²) in [5.74, 6) is 0. The Kier molecular flexibility index (Phi) is 2.77. The predicted octanol–water partition coefficient (Wildman–Crippen LogP) is 5.39. The topological polar surface area (TPSA) is 17.8 Å². The predicted molar refractivity (Wildman–Crippen MR) is 94.2 cm³/mol. The molecule has 22 heavy (non-hydrogen) atoms. The summed E-state index contributed by atoms with van der Waals surface area (Å²) in [6.45, 7) is 7.76. The van der Waals surface area contributed by atoms with Crippen molar-refractivity contribution < 1.29 is 0 Å². The molecule has 3 aromatic carbocycles. The minimum atomic E-state index is 0.223. The molecule has 0 aliphatic heterocycles. The van der Waals surface area contributed by atoms with Crippen LogP contribution in [-0.2, 0) is 6.54 Å². The van der Waals surface area contributed by atoms with Gasteiger partial charge in [-0.2, -0.15) is 0 Å². The van der Waals surface area contributed by atoms with Crippen LogP contribution in [0.3, 0.4) is 0 Å². The molecular weight excluding hydrogens is 268 g/mol. The molecule has 0 bridgehead atoms. The maximum Gasteiger partial charge on any atom is 0.0969 e. The van der Waals surface area contributed by atoms with E-state index in [2.05, 4.69) is 73.9 Å². The van der Waals surface area contributed by atoms with Crippen LogP contribution < -0.4 is 0 Å². The first kappa shape index (κ1) is 13.3. The van der Waals surface area contributed by atoms with Crippen molar-refractivity contribution in [2.45, 2.75) is 27.3 Å². The lowest BCUT2D eigenvalue weighted by molar-refractivity contribution is 0.348. The van der Waals surface area contributed by atoms with Crippen LogP contribution in [0.4, 0.5) is 0 Å². The van der Waals surface area contributed by atoms with E-state index < -0.39 is 0 Å². The number of benzene rings is 3. The molecule has 1 heterocycles. The first-order valence-corrected chi connectivity index (χ1v) is 7.79. The molecular formula is C20H20N2. The van der Waals surface area contributed by atoms with Gasteiger partial charge in [0, 0.05) is 17.3 Å². The van der Waals surface area contributed by atoms with Crippen LogP contribution in [0.5, 0.6) is 0 Å². The highest BCUT2D eigenvalue weighted by Crippen LogP contribution is 2.35. The van der Waals surface area contributed by atoms with Crippen LogP contribution >= 0.6 is 0 Å². The van der Waals surface area contributed by atoms with Gasteiger partial charge in [-0.3, -0.25) is 0 Å². The van der Waals surface area contributed by atoms with E-state index in [-0.39, 0.29) is 5.41 Å². The highest BCUT2D eigenvalue weighted by Gasteiger charge is 2.17. The van der Waals surface area contributed by atoms with Gasteiger partial charge in [-0.1, -0.05) is 69.3 Å². The van der Waals surface area contributed by atoms with Crippen LogP contribution in [0, 0.1) is 5.41 Å². The molecule has 2 nitrogen and oxygen atoms in total. The fourth-order valence-electron chi connectivity index (χ4n) is 3.34. The lowest BCUT2D eigenvalue weighted by atomic mass is 9.96. The summed E-state index contributed by atoms with van der Waals surface area (Å²) in [5, 5.41) is 5.12. The Morgan fingerprint density at radius 1 is 0.818 bits per heavy atom. The third-order valence-corrected chi connectivity index (χ3v) is 4.14. The second-order valence-corrected chi connectivity index (χ2v) is 7.22.